The summed E-state index contributed by atoms with van der Waals surface area (Å²) in [6.45, 7) is 2.55. The molecule has 1 amide bonds. The summed E-state index contributed by atoms with van der Waals surface area (Å²) < 4.78 is 12.2. The molecule has 1 N–H and O–H groups in total. The third-order valence-corrected chi connectivity index (χ3v) is 4.67. The number of aromatic nitrogens is 3. The van der Waals surface area contributed by atoms with E-state index in [1.807, 2.05) is 0 Å². The second-order valence-electron chi connectivity index (χ2n) is 5.47. The van der Waals surface area contributed by atoms with E-state index < -0.39 is 0 Å². The number of pyridine rings is 1. The molecule has 128 valence electrons. The van der Waals surface area contributed by atoms with Crippen molar-refractivity contribution in [1.29, 1.82) is 0 Å². The van der Waals surface area contributed by atoms with Crippen molar-refractivity contribution in [2.75, 3.05) is 19.0 Å². The van der Waals surface area contributed by atoms with Crippen molar-refractivity contribution in [3.8, 4) is 5.75 Å². The number of anilines is 1. The second kappa shape index (κ2) is 7.10. The van der Waals surface area contributed by atoms with Gasteiger partial charge < -0.3 is 14.0 Å². The molecule has 3 heterocycles. The molecule has 2 aromatic rings. The molecule has 0 aliphatic carbocycles. The zero-order chi connectivity index (χ0) is 17.1. The average Bonchev–Trinajstić information content (AvgIpc) is 3.21. The molecule has 0 unspecified atom stereocenters. The van der Waals surface area contributed by atoms with E-state index in [1.54, 1.807) is 11.5 Å². The van der Waals surface area contributed by atoms with Gasteiger partial charge in [-0.25, -0.2) is 0 Å². The number of nitrogens with zero attached hydrogens (tertiary/aromatic N) is 3. The molecule has 9 heteroatoms. The monoisotopic (exact) mass is 350 g/mol. The van der Waals surface area contributed by atoms with Crippen LogP contribution >= 0.6 is 11.3 Å². The van der Waals surface area contributed by atoms with E-state index >= 15 is 0 Å². The highest BCUT2D eigenvalue weighted by Crippen LogP contribution is 2.31. The molecular weight excluding hydrogens is 332 g/mol. The van der Waals surface area contributed by atoms with Gasteiger partial charge in [-0.15, -0.1) is 10.2 Å². The molecule has 1 saturated heterocycles. The fraction of sp³-hybridized carbons (Fsp3) is 0.467. The van der Waals surface area contributed by atoms with Crippen LogP contribution in [0.15, 0.2) is 17.1 Å². The summed E-state index contributed by atoms with van der Waals surface area (Å²) in [6, 6.07) is 1.44. The van der Waals surface area contributed by atoms with E-state index in [2.05, 4.69) is 15.5 Å². The minimum Gasteiger partial charge on any atom is -0.491 e. The summed E-state index contributed by atoms with van der Waals surface area (Å²) in [6.07, 6.45) is 3.45. The van der Waals surface area contributed by atoms with Crippen molar-refractivity contribution >= 4 is 22.4 Å². The van der Waals surface area contributed by atoms with E-state index in [0.29, 0.717) is 10.8 Å². The van der Waals surface area contributed by atoms with Crippen molar-refractivity contribution in [2.45, 2.75) is 32.4 Å². The molecule has 8 nitrogen and oxygen atoms in total. The highest BCUT2D eigenvalue weighted by atomic mass is 32.1. The zero-order valence-electron chi connectivity index (χ0n) is 13.4. The number of nitrogens with one attached hydrogen (secondary N) is 1. The van der Waals surface area contributed by atoms with Gasteiger partial charge in [0.25, 0.3) is 0 Å². The number of hydrogen-bond donors (Lipinski definition) is 1. The first-order valence-electron chi connectivity index (χ1n) is 7.56. The standard InChI is InChI=1S/C15H18N4O4S/c1-9-6-10(20)12(22-2)7-19(9)8-13(21)16-15-18-17-14(24-15)11-4-3-5-23-11/h6-7,11H,3-5,8H2,1-2H3,(H,16,18,21)/t11-/m1/s1. The third-order valence-electron chi connectivity index (χ3n) is 3.73. The maximum absolute atomic E-state index is 12.2. The van der Waals surface area contributed by atoms with Crippen LogP contribution in [0.4, 0.5) is 5.13 Å². The molecule has 24 heavy (non-hydrogen) atoms. The number of ether oxygens (including phenoxy) is 2. The molecule has 1 aliphatic rings. The maximum atomic E-state index is 12.2. The molecular formula is C15H18N4O4S. The normalized spacial score (nSPS) is 17.0. The van der Waals surface area contributed by atoms with Gasteiger partial charge in [0.05, 0.1) is 13.3 Å². The number of aryl methyl sites for hydroxylation is 1. The second-order valence-corrected chi connectivity index (χ2v) is 6.48. The molecule has 0 bridgehead atoms. The van der Waals surface area contributed by atoms with Gasteiger partial charge >= 0.3 is 0 Å². The predicted molar refractivity (Wildman–Crippen MR) is 88.5 cm³/mol. The molecule has 3 rings (SSSR count). The Morgan fingerprint density at radius 3 is 3.08 bits per heavy atom. The topological polar surface area (TPSA) is 95.3 Å². The molecule has 1 atom stereocenters. The van der Waals surface area contributed by atoms with E-state index in [-0.39, 0.29) is 29.7 Å². The molecule has 1 aliphatic heterocycles. The highest BCUT2D eigenvalue weighted by molar-refractivity contribution is 7.15. The van der Waals surface area contributed by atoms with Gasteiger partial charge in [-0.3, -0.25) is 14.9 Å². The Morgan fingerprint density at radius 2 is 2.38 bits per heavy atom. The number of amides is 1. The molecule has 2 aromatic heterocycles. The van der Waals surface area contributed by atoms with Crippen LogP contribution in [-0.4, -0.2) is 34.4 Å². The Kier molecular flexibility index (Phi) is 4.91. The summed E-state index contributed by atoms with van der Waals surface area (Å²) >= 11 is 1.32. The van der Waals surface area contributed by atoms with Crippen LogP contribution in [0.3, 0.4) is 0 Å². The summed E-state index contributed by atoms with van der Waals surface area (Å²) in [5, 5.41) is 12.0. The average molecular weight is 350 g/mol. The molecule has 0 spiro atoms. The van der Waals surface area contributed by atoms with Crippen molar-refractivity contribution in [3.05, 3.63) is 33.2 Å². The molecule has 0 radical (unpaired) electrons. The van der Waals surface area contributed by atoms with Crippen molar-refractivity contribution in [2.24, 2.45) is 0 Å². The lowest BCUT2D eigenvalue weighted by atomic mass is 10.2. The number of hydrogen-bond acceptors (Lipinski definition) is 7. The van der Waals surface area contributed by atoms with Gasteiger partial charge in [0.2, 0.25) is 16.5 Å². The quantitative estimate of drug-likeness (QED) is 0.878. The lowest BCUT2D eigenvalue weighted by molar-refractivity contribution is -0.116. The van der Waals surface area contributed by atoms with E-state index in [0.717, 1.165) is 24.5 Å². The van der Waals surface area contributed by atoms with Crippen LogP contribution in [0.25, 0.3) is 0 Å². The predicted octanol–water partition coefficient (Wildman–Crippen LogP) is 1.51. The van der Waals surface area contributed by atoms with Gasteiger partial charge in [0.1, 0.15) is 17.7 Å². The lowest BCUT2D eigenvalue weighted by Crippen LogP contribution is -2.21. The Balaban J connectivity index is 1.66. The van der Waals surface area contributed by atoms with E-state index in [9.17, 15) is 9.59 Å². The largest absolute Gasteiger partial charge is 0.491 e. The fourth-order valence-corrected chi connectivity index (χ4v) is 3.32. The van der Waals surface area contributed by atoms with E-state index in [1.165, 1.54) is 30.7 Å². The van der Waals surface area contributed by atoms with Crippen LogP contribution in [0.2, 0.25) is 0 Å². The van der Waals surface area contributed by atoms with Crippen molar-refractivity contribution < 1.29 is 14.3 Å². The first-order chi connectivity index (χ1) is 11.6. The zero-order valence-corrected chi connectivity index (χ0v) is 14.3. The summed E-state index contributed by atoms with van der Waals surface area (Å²) in [4.78, 5) is 23.9. The van der Waals surface area contributed by atoms with Gasteiger partial charge in [0.15, 0.2) is 5.75 Å². The first-order valence-corrected chi connectivity index (χ1v) is 8.38. The van der Waals surface area contributed by atoms with Gasteiger partial charge in [0, 0.05) is 18.4 Å². The third kappa shape index (κ3) is 3.62. The fourth-order valence-electron chi connectivity index (χ4n) is 2.48. The Morgan fingerprint density at radius 1 is 1.54 bits per heavy atom. The van der Waals surface area contributed by atoms with Gasteiger partial charge in [-0.1, -0.05) is 11.3 Å². The number of rotatable bonds is 5. The van der Waals surface area contributed by atoms with Gasteiger partial charge in [-0.2, -0.15) is 0 Å². The Hall–Kier alpha value is -2.26. The van der Waals surface area contributed by atoms with Crippen molar-refractivity contribution in [3.63, 3.8) is 0 Å². The maximum Gasteiger partial charge on any atom is 0.246 e. The van der Waals surface area contributed by atoms with Crippen molar-refractivity contribution in [1.82, 2.24) is 14.8 Å². The Bertz CT molecular complexity index is 795. The molecule has 1 fully saturated rings. The van der Waals surface area contributed by atoms with Crippen LogP contribution in [-0.2, 0) is 16.1 Å². The van der Waals surface area contributed by atoms with Gasteiger partial charge in [-0.05, 0) is 19.8 Å². The summed E-state index contributed by atoms with van der Waals surface area (Å²) in [5.41, 5.74) is 0.463. The van der Waals surface area contributed by atoms with E-state index in [4.69, 9.17) is 9.47 Å². The highest BCUT2D eigenvalue weighted by Gasteiger charge is 2.22. The SMILES string of the molecule is COc1cn(CC(=O)Nc2nnc([C@H]3CCCO3)s2)c(C)cc1=O. The summed E-state index contributed by atoms with van der Waals surface area (Å²) in [7, 11) is 1.42. The van der Waals surface area contributed by atoms with Crippen LogP contribution < -0.4 is 15.5 Å². The smallest absolute Gasteiger partial charge is 0.246 e. The number of carbonyl (C=O) groups excluding carboxylic acids is 1. The molecule has 0 aromatic carbocycles. The lowest BCUT2D eigenvalue weighted by Gasteiger charge is -2.11. The van der Waals surface area contributed by atoms with Crippen LogP contribution in [0, 0.1) is 6.92 Å². The van der Waals surface area contributed by atoms with Crippen LogP contribution in [0.1, 0.15) is 29.6 Å². The number of carbonyl (C=O) groups is 1. The van der Waals surface area contributed by atoms with Crippen LogP contribution in [0.5, 0.6) is 5.75 Å². The minimum absolute atomic E-state index is 0.0152. The Labute approximate surface area is 142 Å². The summed E-state index contributed by atoms with van der Waals surface area (Å²) in [5.74, 6) is -0.0520. The number of methoxy groups -OCH3 is 1. The minimum atomic E-state index is -0.251. The molecule has 0 saturated carbocycles. The first kappa shape index (κ1) is 16.6.